The van der Waals surface area contributed by atoms with Gasteiger partial charge in [-0.2, -0.15) is 0 Å². The van der Waals surface area contributed by atoms with Crippen molar-refractivity contribution in [3.05, 3.63) is 95.5 Å². The first-order valence-corrected chi connectivity index (χ1v) is 9.73. The van der Waals surface area contributed by atoms with E-state index in [1.165, 1.54) is 29.7 Å². The van der Waals surface area contributed by atoms with E-state index in [9.17, 15) is 4.39 Å². The predicted octanol–water partition coefficient (Wildman–Crippen LogP) is 6.14. The fourth-order valence-electron chi connectivity index (χ4n) is 4.87. The summed E-state index contributed by atoms with van der Waals surface area (Å²) in [7, 11) is 0. The van der Waals surface area contributed by atoms with Gasteiger partial charge in [-0.3, -0.25) is 4.57 Å². The molecule has 28 heavy (non-hydrogen) atoms. The van der Waals surface area contributed by atoms with Gasteiger partial charge in [0.15, 0.2) is 0 Å². The minimum absolute atomic E-state index is 0.0498. The number of pyridine rings is 1. The number of fused-ring (bicyclic) bond motifs is 3. The van der Waals surface area contributed by atoms with Crippen molar-refractivity contribution < 1.29 is 5.76 Å². The highest BCUT2D eigenvalue weighted by Gasteiger charge is 2.47. The molecular weight excluding hydrogens is 347 g/mol. The van der Waals surface area contributed by atoms with Gasteiger partial charge in [-0.1, -0.05) is 36.8 Å². The van der Waals surface area contributed by atoms with Gasteiger partial charge in [0, 0.05) is 17.0 Å². The van der Waals surface area contributed by atoms with Crippen LogP contribution in [-0.2, 0) is 5.41 Å². The number of allylic oxidation sites excluding steroid dienone is 1. The topological polar surface area (TPSA) is 17.8 Å². The van der Waals surface area contributed by atoms with E-state index < -0.39 is 0 Å². The number of rotatable bonds is 2. The number of benzene rings is 2. The third-order valence-electron chi connectivity index (χ3n) is 6.31. The monoisotopic (exact) mass is 367 g/mol. The van der Waals surface area contributed by atoms with Crippen LogP contribution in [0.15, 0.2) is 72.9 Å². The quantitative estimate of drug-likeness (QED) is 0.416. The van der Waals surface area contributed by atoms with Crippen LogP contribution in [0.25, 0.3) is 28.4 Å². The Morgan fingerprint density at radius 1 is 1.04 bits per heavy atom. The Hall–Kier alpha value is -3.20. The predicted molar refractivity (Wildman–Crippen MR) is 111 cm³/mol. The molecule has 0 unspecified atom stereocenters. The number of hydrogen-bond donors (Lipinski definition) is 0. The molecule has 0 N–H and O–H groups in total. The van der Waals surface area contributed by atoms with Crippen LogP contribution in [0, 0.1) is 5.82 Å². The van der Waals surface area contributed by atoms with Crippen LogP contribution in [-0.4, -0.2) is 9.55 Å². The summed E-state index contributed by atoms with van der Waals surface area (Å²) in [5, 5.41) is 0.749. The molecule has 2 nitrogen and oxygen atoms in total. The number of halogens is 1. The van der Waals surface area contributed by atoms with Gasteiger partial charge in [-0.05, 0) is 72.0 Å². The van der Waals surface area contributed by atoms with Gasteiger partial charge in [-0.15, -0.1) is 0 Å². The van der Waals surface area contributed by atoms with E-state index in [2.05, 4.69) is 35.3 Å². The van der Waals surface area contributed by atoms with Crippen LogP contribution >= 0.6 is 0 Å². The fourth-order valence-corrected chi connectivity index (χ4v) is 4.87. The molecular formula is C25H19FN2. The van der Waals surface area contributed by atoms with E-state index in [1.54, 1.807) is 12.3 Å². The lowest BCUT2D eigenvalue weighted by Gasteiger charge is -2.42. The lowest BCUT2D eigenvalue weighted by molar-refractivity contribution is 0.331. The summed E-state index contributed by atoms with van der Waals surface area (Å²) in [5.74, 6) is 0.406. The first kappa shape index (κ1) is 14.8. The smallest absolute Gasteiger partial charge is 0.137 e. The van der Waals surface area contributed by atoms with E-state index in [-0.39, 0.29) is 11.2 Å². The molecule has 0 aliphatic heterocycles. The summed E-state index contributed by atoms with van der Waals surface area (Å²) in [4.78, 5) is 4.54. The normalized spacial score (nSPS) is 17.3. The molecule has 0 amide bonds. The summed E-state index contributed by atoms with van der Waals surface area (Å²) < 4.78 is 25.2. The second kappa shape index (κ2) is 5.65. The highest BCUT2D eigenvalue weighted by molar-refractivity contribution is 5.98. The molecule has 1 spiro atoms. The average molecular weight is 367 g/mol. The highest BCUT2D eigenvalue weighted by Crippen LogP contribution is 2.58. The van der Waals surface area contributed by atoms with Gasteiger partial charge in [0.25, 0.3) is 0 Å². The van der Waals surface area contributed by atoms with Crippen molar-refractivity contribution >= 4 is 22.6 Å². The van der Waals surface area contributed by atoms with E-state index >= 15 is 0 Å². The van der Waals surface area contributed by atoms with Crippen LogP contribution in [0.1, 0.15) is 37.5 Å². The molecule has 1 fully saturated rings. The summed E-state index contributed by atoms with van der Waals surface area (Å²) >= 11 is 0. The van der Waals surface area contributed by atoms with Crippen molar-refractivity contribution in [1.29, 1.82) is 0 Å². The van der Waals surface area contributed by atoms with E-state index in [1.807, 2.05) is 22.8 Å². The molecule has 0 atom stereocenters. The first-order valence-electron chi connectivity index (χ1n) is 10.2. The Morgan fingerprint density at radius 3 is 2.68 bits per heavy atom. The van der Waals surface area contributed by atoms with Crippen LogP contribution in [0.3, 0.4) is 0 Å². The lowest BCUT2D eigenvalue weighted by atomic mass is 9.61. The third-order valence-corrected chi connectivity index (χ3v) is 6.31. The van der Waals surface area contributed by atoms with Crippen molar-refractivity contribution in [2.45, 2.75) is 24.7 Å². The summed E-state index contributed by atoms with van der Waals surface area (Å²) in [5.41, 5.74) is 5.22. The van der Waals surface area contributed by atoms with Crippen LogP contribution in [0.4, 0.5) is 4.39 Å². The Morgan fingerprint density at radius 2 is 1.89 bits per heavy atom. The average Bonchev–Trinajstić information content (AvgIpc) is 3.20. The van der Waals surface area contributed by atoms with Gasteiger partial charge in [-0.25, -0.2) is 9.37 Å². The molecule has 2 aliphatic rings. The molecule has 4 aromatic rings. The zero-order valence-electron chi connectivity index (χ0n) is 16.3. The minimum atomic E-state index is -0.305. The van der Waals surface area contributed by atoms with Crippen molar-refractivity contribution in [1.82, 2.24) is 9.55 Å². The van der Waals surface area contributed by atoms with Crippen molar-refractivity contribution in [2.24, 2.45) is 0 Å². The second-order valence-corrected chi connectivity index (χ2v) is 7.74. The SMILES string of the molecule is [2H]c1c(C2=Cc3ccccc3C23CCC3)n(-c2ccccn2)c2cc(F)ccc12. The molecule has 2 aromatic heterocycles. The van der Waals surface area contributed by atoms with Gasteiger partial charge >= 0.3 is 0 Å². The number of aromatic nitrogens is 2. The standard InChI is InChI=1S/C25H19FN2/c26-19-10-9-18-15-23(28(22(18)16-19)24-8-3-4-13-27-24)21-14-17-6-1-2-7-20(17)25(21)11-5-12-25/h1-4,6-10,13-16H,5,11-12H2/i15D. The molecule has 136 valence electrons. The fraction of sp³-hybridized carbons (Fsp3) is 0.160. The molecule has 0 saturated heterocycles. The number of nitrogens with zero attached hydrogens (tertiary/aromatic N) is 2. The van der Waals surface area contributed by atoms with E-state index in [0.717, 1.165) is 29.5 Å². The van der Waals surface area contributed by atoms with Crippen molar-refractivity contribution in [3.63, 3.8) is 0 Å². The van der Waals surface area contributed by atoms with Crippen LogP contribution in [0.2, 0.25) is 0 Å². The third kappa shape index (κ3) is 2.04. The van der Waals surface area contributed by atoms with Gasteiger partial charge in [0.05, 0.1) is 12.6 Å². The molecule has 0 radical (unpaired) electrons. The first-order chi connectivity index (χ1) is 14.2. The van der Waals surface area contributed by atoms with Gasteiger partial charge < -0.3 is 0 Å². The molecule has 2 aromatic carbocycles. The largest absolute Gasteiger partial charge is 0.294 e. The molecule has 2 aliphatic carbocycles. The van der Waals surface area contributed by atoms with Crippen LogP contribution in [0.5, 0.6) is 0 Å². The zero-order valence-corrected chi connectivity index (χ0v) is 15.3. The maximum absolute atomic E-state index is 14.2. The van der Waals surface area contributed by atoms with Gasteiger partial charge in [0.1, 0.15) is 11.6 Å². The summed E-state index contributed by atoms with van der Waals surface area (Å²) in [6, 6.07) is 19.4. The van der Waals surface area contributed by atoms with Crippen LogP contribution < -0.4 is 0 Å². The molecule has 0 bridgehead atoms. The van der Waals surface area contributed by atoms with Crippen molar-refractivity contribution in [2.75, 3.05) is 0 Å². The van der Waals surface area contributed by atoms with Gasteiger partial charge in [0.2, 0.25) is 0 Å². The molecule has 2 heterocycles. The Balaban J connectivity index is 1.70. The maximum atomic E-state index is 14.2. The molecule has 3 heteroatoms. The summed E-state index contributed by atoms with van der Waals surface area (Å²) in [6.07, 6.45) is 7.31. The zero-order chi connectivity index (χ0) is 19.6. The lowest BCUT2D eigenvalue weighted by Crippen LogP contribution is -2.34. The van der Waals surface area contributed by atoms with Crippen molar-refractivity contribution in [3.8, 4) is 5.82 Å². The molecule has 1 saturated carbocycles. The Labute approximate surface area is 164 Å². The Bertz CT molecular complexity index is 1300. The number of hydrogen-bond acceptors (Lipinski definition) is 1. The van der Waals surface area contributed by atoms with E-state index in [4.69, 9.17) is 1.37 Å². The minimum Gasteiger partial charge on any atom is -0.294 e. The van der Waals surface area contributed by atoms with E-state index in [0.29, 0.717) is 17.4 Å². The Kier molecular flexibility index (Phi) is 2.99. The highest BCUT2D eigenvalue weighted by atomic mass is 19.1. The molecule has 6 rings (SSSR count). The summed E-state index contributed by atoms with van der Waals surface area (Å²) in [6.45, 7) is 0. The maximum Gasteiger partial charge on any atom is 0.137 e. The second-order valence-electron chi connectivity index (χ2n) is 7.74.